The normalized spacial score (nSPS) is 10.6. The molecular formula is C11H13N3O2. The van der Waals surface area contributed by atoms with Gasteiger partial charge >= 0.3 is 0 Å². The zero-order valence-electron chi connectivity index (χ0n) is 9.23. The fourth-order valence-electron chi connectivity index (χ4n) is 1.37. The van der Waals surface area contributed by atoms with Crippen LogP contribution in [0.1, 0.15) is 11.4 Å². The van der Waals surface area contributed by atoms with E-state index in [1.54, 1.807) is 7.11 Å². The molecule has 1 aromatic heterocycles. The van der Waals surface area contributed by atoms with Gasteiger partial charge in [-0.15, -0.1) is 0 Å². The van der Waals surface area contributed by atoms with Crippen molar-refractivity contribution in [2.24, 2.45) is 0 Å². The second kappa shape index (κ2) is 4.32. The van der Waals surface area contributed by atoms with Crippen LogP contribution in [0.15, 0.2) is 22.7 Å². The van der Waals surface area contributed by atoms with Gasteiger partial charge < -0.3 is 15.0 Å². The summed E-state index contributed by atoms with van der Waals surface area (Å²) in [5.74, 6) is 1.02. The van der Waals surface area contributed by atoms with Gasteiger partial charge in [0.2, 0.25) is 0 Å². The zero-order valence-corrected chi connectivity index (χ0v) is 9.23. The summed E-state index contributed by atoms with van der Waals surface area (Å²) < 4.78 is 10.0. The summed E-state index contributed by atoms with van der Waals surface area (Å²) in [6.07, 6.45) is 0. The first-order chi connectivity index (χ1) is 7.70. The molecule has 0 spiro atoms. The van der Waals surface area contributed by atoms with Gasteiger partial charge in [-0.25, -0.2) is 0 Å². The molecule has 5 heteroatoms. The molecule has 5 nitrogen and oxygen atoms in total. The van der Waals surface area contributed by atoms with Crippen LogP contribution in [0.3, 0.4) is 0 Å². The Hall–Kier alpha value is -1.88. The third-order valence-electron chi connectivity index (χ3n) is 2.26. The average Bonchev–Trinajstić information content (AvgIpc) is 2.71. The number of methoxy groups -OCH3 is 1. The SMILES string of the molecule is COCc1noc(-c2ccc(N)c(C)c2)n1. The van der Waals surface area contributed by atoms with Crippen molar-refractivity contribution in [2.75, 3.05) is 12.8 Å². The Morgan fingerprint density at radius 1 is 1.44 bits per heavy atom. The molecule has 0 aliphatic carbocycles. The first kappa shape index (κ1) is 10.6. The lowest BCUT2D eigenvalue weighted by molar-refractivity contribution is 0.174. The van der Waals surface area contributed by atoms with Crippen LogP contribution in [0, 0.1) is 6.92 Å². The van der Waals surface area contributed by atoms with Gasteiger partial charge in [0.15, 0.2) is 5.82 Å². The van der Waals surface area contributed by atoms with E-state index < -0.39 is 0 Å². The topological polar surface area (TPSA) is 74.2 Å². The number of nitrogens with two attached hydrogens (primary N) is 1. The maximum Gasteiger partial charge on any atom is 0.258 e. The largest absolute Gasteiger partial charge is 0.399 e. The number of nitrogens with zero attached hydrogens (tertiary/aromatic N) is 2. The Morgan fingerprint density at radius 2 is 2.25 bits per heavy atom. The molecule has 2 N–H and O–H groups in total. The number of hydrogen-bond acceptors (Lipinski definition) is 5. The van der Waals surface area contributed by atoms with Crippen LogP contribution in [0.4, 0.5) is 5.69 Å². The summed E-state index contributed by atoms with van der Waals surface area (Å²) in [5, 5.41) is 3.79. The Labute approximate surface area is 93.2 Å². The minimum Gasteiger partial charge on any atom is -0.399 e. The minimum absolute atomic E-state index is 0.345. The fourth-order valence-corrected chi connectivity index (χ4v) is 1.37. The van der Waals surface area contributed by atoms with E-state index in [1.807, 2.05) is 25.1 Å². The highest BCUT2D eigenvalue weighted by Gasteiger charge is 2.09. The van der Waals surface area contributed by atoms with Crippen LogP contribution in [-0.2, 0) is 11.3 Å². The van der Waals surface area contributed by atoms with Crippen molar-refractivity contribution in [1.82, 2.24) is 10.1 Å². The van der Waals surface area contributed by atoms with E-state index in [-0.39, 0.29) is 0 Å². The second-order valence-electron chi connectivity index (χ2n) is 3.52. The summed E-state index contributed by atoms with van der Waals surface area (Å²) in [7, 11) is 1.59. The summed E-state index contributed by atoms with van der Waals surface area (Å²) in [6.45, 7) is 2.28. The van der Waals surface area contributed by atoms with Crippen LogP contribution >= 0.6 is 0 Å². The molecular weight excluding hydrogens is 206 g/mol. The number of anilines is 1. The van der Waals surface area contributed by atoms with Crippen molar-refractivity contribution >= 4 is 5.69 Å². The number of benzene rings is 1. The third-order valence-corrected chi connectivity index (χ3v) is 2.26. The van der Waals surface area contributed by atoms with Crippen molar-refractivity contribution in [1.29, 1.82) is 0 Å². The number of aromatic nitrogens is 2. The van der Waals surface area contributed by atoms with Gasteiger partial charge in [-0.1, -0.05) is 5.16 Å². The van der Waals surface area contributed by atoms with E-state index in [9.17, 15) is 0 Å². The molecule has 1 aromatic carbocycles. The summed E-state index contributed by atoms with van der Waals surface area (Å²) >= 11 is 0. The monoisotopic (exact) mass is 219 g/mol. The van der Waals surface area contributed by atoms with Gasteiger partial charge in [0.1, 0.15) is 6.61 Å². The smallest absolute Gasteiger partial charge is 0.258 e. The molecule has 0 saturated heterocycles. The highest BCUT2D eigenvalue weighted by atomic mass is 16.5. The zero-order chi connectivity index (χ0) is 11.5. The standard InChI is InChI=1S/C11H13N3O2/c1-7-5-8(3-4-9(7)12)11-13-10(6-15-2)14-16-11/h3-5H,6,12H2,1-2H3. The Balaban J connectivity index is 2.31. The first-order valence-electron chi connectivity index (χ1n) is 4.88. The Kier molecular flexibility index (Phi) is 2.87. The molecule has 16 heavy (non-hydrogen) atoms. The average molecular weight is 219 g/mol. The van der Waals surface area contributed by atoms with Gasteiger partial charge in [0.05, 0.1) is 0 Å². The van der Waals surface area contributed by atoms with Crippen molar-refractivity contribution < 1.29 is 9.26 Å². The lowest BCUT2D eigenvalue weighted by Crippen LogP contribution is -1.91. The van der Waals surface area contributed by atoms with E-state index in [1.165, 1.54) is 0 Å². The highest BCUT2D eigenvalue weighted by Crippen LogP contribution is 2.21. The Bertz CT molecular complexity index is 494. The fraction of sp³-hybridized carbons (Fsp3) is 0.273. The van der Waals surface area contributed by atoms with Crippen molar-refractivity contribution in [3.8, 4) is 11.5 Å². The maximum atomic E-state index is 5.73. The number of nitrogen functional groups attached to an aromatic ring is 1. The van der Waals surface area contributed by atoms with Gasteiger partial charge in [-0.3, -0.25) is 0 Å². The number of aryl methyl sites for hydroxylation is 1. The van der Waals surface area contributed by atoms with E-state index in [0.29, 0.717) is 18.3 Å². The molecule has 0 aliphatic heterocycles. The highest BCUT2D eigenvalue weighted by molar-refractivity contribution is 5.60. The molecule has 2 aromatic rings. The van der Waals surface area contributed by atoms with Crippen LogP contribution in [0.2, 0.25) is 0 Å². The molecule has 0 fully saturated rings. The van der Waals surface area contributed by atoms with E-state index in [2.05, 4.69) is 10.1 Å². The molecule has 0 amide bonds. The molecule has 0 bridgehead atoms. The third kappa shape index (κ3) is 2.04. The van der Waals surface area contributed by atoms with E-state index in [0.717, 1.165) is 16.8 Å². The van der Waals surface area contributed by atoms with Crippen LogP contribution in [0.5, 0.6) is 0 Å². The molecule has 0 saturated carbocycles. The second-order valence-corrected chi connectivity index (χ2v) is 3.52. The van der Waals surface area contributed by atoms with Crippen LogP contribution < -0.4 is 5.73 Å². The Morgan fingerprint density at radius 3 is 2.94 bits per heavy atom. The van der Waals surface area contributed by atoms with E-state index >= 15 is 0 Å². The summed E-state index contributed by atoms with van der Waals surface area (Å²) in [6, 6.07) is 5.59. The maximum absolute atomic E-state index is 5.73. The molecule has 0 aliphatic rings. The molecule has 84 valence electrons. The van der Waals surface area contributed by atoms with Gasteiger partial charge in [-0.05, 0) is 30.7 Å². The molecule has 0 unspecified atom stereocenters. The molecule has 0 radical (unpaired) electrons. The predicted molar refractivity (Wildman–Crippen MR) is 59.6 cm³/mol. The van der Waals surface area contributed by atoms with Gasteiger partial charge in [0, 0.05) is 18.4 Å². The quantitative estimate of drug-likeness (QED) is 0.796. The lowest BCUT2D eigenvalue weighted by atomic mass is 10.1. The molecule has 0 atom stereocenters. The molecule has 1 heterocycles. The summed E-state index contributed by atoms with van der Waals surface area (Å²) in [5.41, 5.74) is 8.34. The van der Waals surface area contributed by atoms with Crippen molar-refractivity contribution in [3.63, 3.8) is 0 Å². The minimum atomic E-state index is 0.345. The van der Waals surface area contributed by atoms with Crippen molar-refractivity contribution in [2.45, 2.75) is 13.5 Å². The molecule has 2 rings (SSSR count). The number of hydrogen-bond donors (Lipinski definition) is 1. The van der Waals surface area contributed by atoms with Gasteiger partial charge in [-0.2, -0.15) is 4.98 Å². The number of ether oxygens (including phenoxy) is 1. The van der Waals surface area contributed by atoms with Crippen molar-refractivity contribution in [3.05, 3.63) is 29.6 Å². The summed E-state index contributed by atoms with van der Waals surface area (Å²) in [4.78, 5) is 4.20. The van der Waals surface area contributed by atoms with E-state index in [4.69, 9.17) is 15.0 Å². The van der Waals surface area contributed by atoms with Crippen LogP contribution in [-0.4, -0.2) is 17.3 Å². The first-order valence-corrected chi connectivity index (χ1v) is 4.88. The number of rotatable bonds is 3. The van der Waals surface area contributed by atoms with Crippen LogP contribution in [0.25, 0.3) is 11.5 Å². The predicted octanol–water partition coefficient (Wildman–Crippen LogP) is 1.77. The lowest BCUT2D eigenvalue weighted by Gasteiger charge is -2.00. The van der Waals surface area contributed by atoms with Gasteiger partial charge in [0.25, 0.3) is 5.89 Å².